The van der Waals surface area contributed by atoms with E-state index in [1.165, 1.54) is 57.8 Å². The number of carbonyl (C=O) groups excluding carboxylic acids is 1. The molecule has 1 aliphatic rings. The van der Waals surface area contributed by atoms with Gasteiger partial charge < -0.3 is 44.0 Å². The largest absolute Gasteiger partial charge is 0.472 e. The lowest BCUT2D eigenvalue weighted by molar-refractivity contribution is -0.870. The summed E-state index contributed by atoms with van der Waals surface area (Å²) in [6.07, 6.45) is 6.71. The van der Waals surface area contributed by atoms with E-state index in [2.05, 4.69) is 6.92 Å². The van der Waals surface area contributed by atoms with E-state index >= 15 is 0 Å². The molecule has 0 aromatic heterocycles. The Morgan fingerprint density at radius 1 is 0.818 bits per heavy atom. The van der Waals surface area contributed by atoms with E-state index in [-0.39, 0.29) is 13.0 Å². The number of unbranched alkanes of at least 4 members (excludes halogenated alkanes) is 12. The van der Waals surface area contributed by atoms with Gasteiger partial charge in [-0.05, 0) is 6.42 Å². The summed E-state index contributed by atoms with van der Waals surface area (Å²) < 4.78 is 39.3. The standard InChI is InChI=1S/C30H60NO12P/c1-5-6-7-8-9-10-11-12-13-14-15-16-17-18-26(33)42-24(23-41-44(37,38)40-20-19-31(2,3)4)22-39-30-29(36)28(35)27(34)25(21-32)43-30/h24-25,27-30,32,34-36H,5-23H2,1-4H3/p+1/t24?,25-,27-,28+,29-,30-/m1/s1. The van der Waals surface area contributed by atoms with Crippen molar-refractivity contribution in [2.24, 2.45) is 0 Å². The number of hydrogen-bond acceptors (Lipinski definition) is 11. The predicted molar refractivity (Wildman–Crippen MR) is 165 cm³/mol. The molecule has 0 saturated carbocycles. The second-order valence-corrected chi connectivity index (χ2v) is 14.2. The van der Waals surface area contributed by atoms with Crippen LogP contribution >= 0.6 is 7.82 Å². The number of nitrogens with zero attached hydrogens (tertiary/aromatic N) is 1. The number of phosphoric ester groups is 1. The summed E-state index contributed by atoms with van der Waals surface area (Å²) in [6, 6.07) is 0. The number of carbonyl (C=O) groups is 1. The SMILES string of the molecule is CCCCCCCCCCCCCCCC(=O)OC(CO[C@@H]1O[C@H](CO)[C@@H](O)[C@H](O)[C@H]1O)COP(=O)(O)OCC[N+](C)(C)C. The lowest BCUT2D eigenvalue weighted by Gasteiger charge is -2.39. The molecule has 0 aromatic carbocycles. The molecule has 0 aliphatic carbocycles. The number of phosphoric acid groups is 1. The van der Waals surface area contributed by atoms with Crippen LogP contribution in [0, 0.1) is 0 Å². The summed E-state index contributed by atoms with van der Waals surface area (Å²) >= 11 is 0. The van der Waals surface area contributed by atoms with E-state index in [1.807, 2.05) is 21.1 Å². The third-order valence-corrected chi connectivity index (χ3v) is 8.50. The normalized spacial score (nSPS) is 24.6. The van der Waals surface area contributed by atoms with E-state index < -0.39 is 70.4 Å². The fourth-order valence-electron chi connectivity index (χ4n) is 4.70. The maximum atomic E-state index is 12.6. The number of hydrogen-bond donors (Lipinski definition) is 5. The van der Waals surface area contributed by atoms with E-state index in [9.17, 15) is 34.7 Å². The topological polar surface area (TPSA) is 181 Å². The fraction of sp³-hybridized carbons (Fsp3) is 0.967. The van der Waals surface area contributed by atoms with Crippen LogP contribution in [-0.2, 0) is 32.6 Å². The monoisotopic (exact) mass is 658 g/mol. The Hall–Kier alpha value is -0.700. The minimum atomic E-state index is -4.47. The average Bonchev–Trinajstić information content (AvgIpc) is 2.95. The van der Waals surface area contributed by atoms with Crippen LogP contribution < -0.4 is 0 Å². The van der Waals surface area contributed by atoms with Crippen molar-refractivity contribution in [1.82, 2.24) is 0 Å². The molecule has 0 bridgehead atoms. The molecule has 2 unspecified atom stereocenters. The molecule has 5 N–H and O–H groups in total. The Balaban J connectivity index is 2.50. The number of esters is 1. The van der Waals surface area contributed by atoms with Crippen LogP contribution in [-0.4, -0.2) is 127 Å². The van der Waals surface area contributed by atoms with E-state index in [4.69, 9.17) is 23.3 Å². The van der Waals surface area contributed by atoms with E-state index in [1.54, 1.807) is 0 Å². The first-order valence-corrected chi connectivity index (χ1v) is 17.8. The number of aliphatic hydroxyl groups is 4. The van der Waals surface area contributed by atoms with Crippen molar-refractivity contribution in [3.63, 3.8) is 0 Å². The van der Waals surface area contributed by atoms with Crippen molar-refractivity contribution in [2.45, 2.75) is 134 Å². The van der Waals surface area contributed by atoms with Crippen molar-refractivity contribution in [2.75, 3.05) is 54.1 Å². The number of rotatable bonds is 26. The molecule has 14 heteroatoms. The van der Waals surface area contributed by atoms with Gasteiger partial charge in [0.2, 0.25) is 0 Å². The van der Waals surface area contributed by atoms with Crippen LogP contribution in [0.15, 0.2) is 0 Å². The van der Waals surface area contributed by atoms with E-state index in [0.29, 0.717) is 17.4 Å². The third kappa shape index (κ3) is 19.1. The van der Waals surface area contributed by atoms with Crippen LogP contribution in [0.4, 0.5) is 0 Å². The summed E-state index contributed by atoms with van der Waals surface area (Å²) in [6.45, 7) is 1.04. The summed E-state index contributed by atoms with van der Waals surface area (Å²) in [5.74, 6) is -0.544. The molecule has 1 rings (SSSR count). The molecular weight excluding hydrogens is 597 g/mol. The van der Waals surface area contributed by atoms with Gasteiger partial charge in [0.05, 0.1) is 41.0 Å². The van der Waals surface area contributed by atoms with Gasteiger partial charge in [-0.2, -0.15) is 0 Å². The second-order valence-electron chi connectivity index (χ2n) is 12.7. The first kappa shape index (κ1) is 41.3. The maximum Gasteiger partial charge on any atom is 0.472 e. The van der Waals surface area contributed by atoms with Crippen molar-refractivity contribution in [3.8, 4) is 0 Å². The molecule has 13 nitrogen and oxygen atoms in total. The molecule has 0 amide bonds. The van der Waals surface area contributed by atoms with Crippen LogP contribution in [0.2, 0.25) is 0 Å². The quantitative estimate of drug-likeness (QED) is 0.0397. The first-order valence-electron chi connectivity index (χ1n) is 16.3. The van der Waals surface area contributed by atoms with Gasteiger partial charge in [0.1, 0.15) is 43.7 Å². The summed E-state index contributed by atoms with van der Waals surface area (Å²) in [7, 11) is 1.22. The minimum absolute atomic E-state index is 0.0395. The summed E-state index contributed by atoms with van der Waals surface area (Å²) in [4.78, 5) is 22.7. The van der Waals surface area contributed by atoms with Crippen molar-refractivity contribution in [3.05, 3.63) is 0 Å². The van der Waals surface area contributed by atoms with Gasteiger partial charge >= 0.3 is 13.8 Å². The zero-order valence-electron chi connectivity index (χ0n) is 27.4. The molecule has 0 aromatic rings. The molecule has 1 saturated heterocycles. The summed E-state index contributed by atoms with van der Waals surface area (Å²) in [5, 5.41) is 39.6. The highest BCUT2D eigenvalue weighted by molar-refractivity contribution is 7.47. The van der Waals surface area contributed by atoms with Gasteiger partial charge in [0.25, 0.3) is 0 Å². The maximum absolute atomic E-state index is 12.6. The highest BCUT2D eigenvalue weighted by atomic mass is 31.2. The van der Waals surface area contributed by atoms with Crippen LogP contribution in [0.25, 0.3) is 0 Å². The average molecular weight is 659 g/mol. The highest BCUT2D eigenvalue weighted by Gasteiger charge is 2.44. The molecule has 44 heavy (non-hydrogen) atoms. The molecule has 1 heterocycles. The Bertz CT molecular complexity index is 796. The van der Waals surface area contributed by atoms with Gasteiger partial charge in [-0.25, -0.2) is 4.57 Å². The summed E-state index contributed by atoms with van der Waals surface area (Å²) in [5.41, 5.74) is 0. The van der Waals surface area contributed by atoms with Crippen molar-refractivity contribution in [1.29, 1.82) is 0 Å². The van der Waals surface area contributed by atoms with Crippen molar-refractivity contribution >= 4 is 13.8 Å². The zero-order chi connectivity index (χ0) is 33.0. The molecule has 1 aliphatic heterocycles. The van der Waals surface area contributed by atoms with Gasteiger partial charge in [-0.15, -0.1) is 0 Å². The minimum Gasteiger partial charge on any atom is -0.457 e. The number of likely N-dealkylation sites (N-methyl/N-ethyl adjacent to an activating group) is 1. The molecule has 1 fully saturated rings. The zero-order valence-corrected chi connectivity index (χ0v) is 28.3. The molecule has 0 radical (unpaired) electrons. The van der Waals surface area contributed by atoms with Gasteiger partial charge in [-0.1, -0.05) is 84.0 Å². The lowest BCUT2D eigenvalue weighted by atomic mass is 9.99. The number of quaternary nitrogens is 1. The number of aliphatic hydroxyl groups excluding tert-OH is 4. The Morgan fingerprint density at radius 3 is 1.89 bits per heavy atom. The molecular formula is C30H61NO12P+. The van der Waals surface area contributed by atoms with E-state index in [0.717, 1.165) is 19.3 Å². The van der Waals surface area contributed by atoms with Crippen LogP contribution in [0.3, 0.4) is 0 Å². The first-order chi connectivity index (χ1) is 20.8. The highest BCUT2D eigenvalue weighted by Crippen LogP contribution is 2.43. The number of ether oxygens (including phenoxy) is 3. The lowest BCUT2D eigenvalue weighted by Crippen LogP contribution is -2.59. The Kier molecular flexibility index (Phi) is 21.4. The van der Waals surface area contributed by atoms with Gasteiger partial charge in [-0.3, -0.25) is 13.8 Å². The van der Waals surface area contributed by atoms with Crippen molar-refractivity contribution < 1.29 is 62.4 Å². The second kappa shape index (κ2) is 22.8. The molecule has 262 valence electrons. The van der Waals surface area contributed by atoms with Gasteiger partial charge in [0, 0.05) is 6.42 Å². The predicted octanol–water partition coefficient (Wildman–Crippen LogP) is 3.04. The van der Waals surface area contributed by atoms with Crippen LogP contribution in [0.1, 0.15) is 96.8 Å². The fourth-order valence-corrected chi connectivity index (χ4v) is 5.44. The third-order valence-electron chi connectivity index (χ3n) is 7.52. The molecule has 7 atom stereocenters. The van der Waals surface area contributed by atoms with Crippen LogP contribution in [0.5, 0.6) is 0 Å². The Labute approximate surface area is 264 Å². The smallest absolute Gasteiger partial charge is 0.457 e. The molecule has 0 spiro atoms. The Morgan fingerprint density at radius 2 is 1.36 bits per heavy atom. The van der Waals surface area contributed by atoms with Gasteiger partial charge in [0.15, 0.2) is 6.29 Å².